The third-order valence-corrected chi connectivity index (χ3v) is 3.48. The van der Waals surface area contributed by atoms with Crippen molar-refractivity contribution in [3.05, 3.63) is 82.7 Å². The van der Waals surface area contributed by atoms with E-state index < -0.39 is 0 Å². The summed E-state index contributed by atoms with van der Waals surface area (Å²) in [5, 5.41) is 20.4. The second-order valence-corrected chi connectivity index (χ2v) is 5.32. The van der Waals surface area contributed by atoms with Crippen LogP contribution < -0.4 is 16.8 Å². The third kappa shape index (κ3) is 5.16. The van der Waals surface area contributed by atoms with Crippen LogP contribution in [0.15, 0.2) is 60.5 Å². The first-order valence-corrected chi connectivity index (χ1v) is 7.41. The Balaban J connectivity index is 1.85. The van der Waals surface area contributed by atoms with E-state index in [-0.39, 0.29) is 11.6 Å². The van der Waals surface area contributed by atoms with Crippen molar-refractivity contribution in [2.75, 3.05) is 0 Å². The van der Waals surface area contributed by atoms with E-state index >= 15 is 0 Å². The molecule has 5 nitrogen and oxygen atoms in total. The number of hydrogen-bond acceptors (Lipinski definition) is 4. The lowest BCUT2D eigenvalue weighted by molar-refractivity contribution is 0.393. The van der Waals surface area contributed by atoms with Crippen LogP contribution in [0.25, 0.3) is 0 Å². The molecule has 0 fully saturated rings. The minimum atomic E-state index is 0.0581. The number of hydrogen-bond donors (Lipinski definition) is 5. The van der Waals surface area contributed by atoms with E-state index in [1.807, 2.05) is 48.5 Å². The van der Waals surface area contributed by atoms with Gasteiger partial charge in [-0.25, -0.2) is 0 Å². The zero-order valence-corrected chi connectivity index (χ0v) is 12.9. The first-order valence-electron chi connectivity index (χ1n) is 7.41. The Morgan fingerprint density at radius 1 is 1.00 bits per heavy atom. The topological polar surface area (TPSA) is 108 Å². The first kappa shape index (κ1) is 16.6. The van der Waals surface area contributed by atoms with Crippen molar-refractivity contribution < 1.29 is 5.11 Å². The number of aliphatic hydroxyl groups excluding tert-OH is 1. The molecule has 0 spiro atoms. The molecule has 7 N–H and O–H groups in total. The molecule has 0 heterocycles. The molecule has 0 atom stereocenters. The molecule has 0 aromatic heterocycles. The van der Waals surface area contributed by atoms with Gasteiger partial charge in [-0.2, -0.15) is 0 Å². The summed E-state index contributed by atoms with van der Waals surface area (Å²) in [5.74, 6) is 0.327. The average molecular weight is 310 g/mol. The smallest absolute Gasteiger partial charge is 0.122 e. The number of nitrogens with two attached hydrogens (primary N) is 2. The van der Waals surface area contributed by atoms with Gasteiger partial charge in [-0.05, 0) is 16.7 Å². The van der Waals surface area contributed by atoms with Gasteiger partial charge < -0.3 is 21.9 Å². The molecule has 0 radical (unpaired) electrons. The predicted molar refractivity (Wildman–Crippen MR) is 93.0 cm³/mol. The fourth-order valence-corrected chi connectivity index (χ4v) is 2.14. The molecule has 0 saturated heterocycles. The fraction of sp³-hybridized carbons (Fsp3) is 0.167. The molecule has 23 heavy (non-hydrogen) atoms. The molecule has 0 aliphatic heterocycles. The van der Waals surface area contributed by atoms with Gasteiger partial charge in [-0.1, -0.05) is 48.5 Å². The first-order chi connectivity index (χ1) is 11.1. The van der Waals surface area contributed by atoms with Crippen molar-refractivity contribution in [2.24, 2.45) is 11.5 Å². The highest BCUT2D eigenvalue weighted by Gasteiger charge is 1.99. The lowest BCUT2D eigenvalue weighted by atomic mass is 10.1. The Morgan fingerprint density at radius 3 is 2.13 bits per heavy atom. The predicted octanol–water partition coefficient (Wildman–Crippen LogP) is 2.16. The van der Waals surface area contributed by atoms with Crippen LogP contribution in [-0.4, -0.2) is 10.9 Å². The minimum absolute atomic E-state index is 0.0581. The molecule has 0 saturated carbocycles. The van der Waals surface area contributed by atoms with Crippen LogP contribution in [0.4, 0.5) is 0 Å². The van der Waals surface area contributed by atoms with Crippen LogP contribution in [0.1, 0.15) is 22.3 Å². The van der Waals surface area contributed by atoms with Crippen molar-refractivity contribution in [1.82, 2.24) is 5.32 Å². The highest BCUT2D eigenvalue weighted by molar-refractivity contribution is 5.94. The van der Waals surface area contributed by atoms with Crippen LogP contribution in [0, 0.1) is 5.41 Å². The number of rotatable bonds is 7. The Labute approximate surface area is 136 Å². The molecule has 0 bridgehead atoms. The summed E-state index contributed by atoms with van der Waals surface area (Å²) >= 11 is 0. The number of nitrogen functional groups attached to an aromatic ring is 1. The highest BCUT2D eigenvalue weighted by atomic mass is 16.3. The summed E-state index contributed by atoms with van der Waals surface area (Å²) in [6.45, 7) is 1.11. The van der Waals surface area contributed by atoms with Crippen LogP contribution in [-0.2, 0) is 19.5 Å². The van der Waals surface area contributed by atoms with Crippen molar-refractivity contribution >= 4 is 5.84 Å². The summed E-state index contributed by atoms with van der Waals surface area (Å²) in [6.07, 6.45) is 2.08. The molecule has 0 amide bonds. The highest BCUT2D eigenvalue weighted by Crippen LogP contribution is 2.08. The second-order valence-electron chi connectivity index (χ2n) is 5.32. The minimum Gasteiger partial charge on any atom is -0.510 e. The fourth-order valence-electron chi connectivity index (χ4n) is 2.14. The number of amidine groups is 1. The van der Waals surface area contributed by atoms with Gasteiger partial charge >= 0.3 is 0 Å². The van der Waals surface area contributed by atoms with Crippen LogP contribution in [0.2, 0.25) is 0 Å². The molecule has 2 aromatic carbocycles. The molecule has 2 aromatic rings. The Bertz CT molecular complexity index is 675. The van der Waals surface area contributed by atoms with Crippen LogP contribution in [0.5, 0.6) is 0 Å². The molecular weight excluding hydrogens is 288 g/mol. The van der Waals surface area contributed by atoms with Gasteiger partial charge in [0.15, 0.2) is 0 Å². The number of benzene rings is 2. The third-order valence-electron chi connectivity index (χ3n) is 3.48. The van der Waals surface area contributed by atoms with Gasteiger partial charge in [0.2, 0.25) is 0 Å². The lowest BCUT2D eigenvalue weighted by Crippen LogP contribution is -2.11. The largest absolute Gasteiger partial charge is 0.510 e. The maximum Gasteiger partial charge on any atom is 0.122 e. The van der Waals surface area contributed by atoms with Crippen molar-refractivity contribution in [3.8, 4) is 0 Å². The van der Waals surface area contributed by atoms with Crippen molar-refractivity contribution in [3.63, 3.8) is 0 Å². The van der Waals surface area contributed by atoms with E-state index in [0.717, 1.165) is 16.7 Å². The molecule has 0 aliphatic rings. The summed E-state index contributed by atoms with van der Waals surface area (Å²) in [6, 6.07) is 15.3. The van der Waals surface area contributed by atoms with Crippen molar-refractivity contribution in [2.45, 2.75) is 19.5 Å². The molecule has 2 rings (SSSR count). The number of nitrogens with one attached hydrogen (secondary N) is 2. The number of allylic oxidation sites excluding steroid dienone is 1. The second kappa shape index (κ2) is 8.00. The zero-order valence-electron chi connectivity index (χ0n) is 12.9. The summed E-state index contributed by atoms with van der Waals surface area (Å²) in [7, 11) is 0. The average Bonchev–Trinajstić information content (AvgIpc) is 2.56. The molecule has 5 heteroatoms. The summed E-state index contributed by atoms with van der Waals surface area (Å²) in [4.78, 5) is 0. The standard InChI is InChI=1S/C18H22N4O/c19-10-14-3-1-13(2-4-14)9-17(23)12-22-11-15-5-7-16(8-6-15)18(20)21/h1-8,12,22-23H,9-11,19H2,(H3,20,21). The quantitative estimate of drug-likeness (QED) is 0.307. The van der Waals surface area contributed by atoms with Crippen LogP contribution in [0.3, 0.4) is 0 Å². The van der Waals surface area contributed by atoms with Crippen molar-refractivity contribution in [1.29, 1.82) is 5.41 Å². The van der Waals surface area contributed by atoms with Gasteiger partial charge in [0.1, 0.15) is 11.6 Å². The normalized spacial score (nSPS) is 11.3. The molecule has 120 valence electrons. The van der Waals surface area contributed by atoms with Gasteiger partial charge in [0.05, 0.1) is 0 Å². The van der Waals surface area contributed by atoms with Gasteiger partial charge in [0, 0.05) is 31.3 Å². The number of aliphatic hydroxyl groups is 1. The molecule has 0 aliphatic carbocycles. The maximum atomic E-state index is 9.95. The SMILES string of the molecule is N=C(N)c1ccc(CNC=C(O)Cc2ccc(CN)cc2)cc1. The Kier molecular flexibility index (Phi) is 5.77. The van der Waals surface area contributed by atoms with Gasteiger partial charge in [-0.15, -0.1) is 0 Å². The van der Waals surface area contributed by atoms with E-state index in [1.165, 1.54) is 0 Å². The van der Waals surface area contributed by atoms with E-state index in [0.29, 0.717) is 25.1 Å². The molecular formula is C18H22N4O. The van der Waals surface area contributed by atoms with Crippen LogP contribution >= 0.6 is 0 Å². The van der Waals surface area contributed by atoms with E-state index in [1.54, 1.807) is 6.20 Å². The Morgan fingerprint density at radius 2 is 1.57 bits per heavy atom. The maximum absolute atomic E-state index is 9.95. The molecule has 0 unspecified atom stereocenters. The zero-order chi connectivity index (χ0) is 16.7. The monoisotopic (exact) mass is 310 g/mol. The van der Waals surface area contributed by atoms with Gasteiger partial charge in [0.25, 0.3) is 0 Å². The van der Waals surface area contributed by atoms with E-state index in [4.69, 9.17) is 16.9 Å². The Hall–Kier alpha value is -2.79. The lowest BCUT2D eigenvalue weighted by Gasteiger charge is -2.06. The summed E-state index contributed by atoms with van der Waals surface area (Å²) in [5.41, 5.74) is 14.8. The van der Waals surface area contributed by atoms with Gasteiger partial charge in [-0.3, -0.25) is 5.41 Å². The van der Waals surface area contributed by atoms with E-state index in [2.05, 4.69) is 5.32 Å². The van der Waals surface area contributed by atoms with E-state index in [9.17, 15) is 5.11 Å². The summed E-state index contributed by atoms with van der Waals surface area (Å²) < 4.78 is 0.